The van der Waals surface area contributed by atoms with E-state index >= 15 is 0 Å². The zero-order valence-electron chi connectivity index (χ0n) is 13.0. The van der Waals surface area contributed by atoms with Crippen molar-refractivity contribution in [3.63, 3.8) is 0 Å². The topological polar surface area (TPSA) is 9.23 Å². The second kappa shape index (κ2) is 7.22. The molecule has 0 aliphatic rings. The van der Waals surface area contributed by atoms with Crippen LogP contribution in [0.3, 0.4) is 0 Å². The standard InChI is InChI=1S/C13H5Cl2F13O/c14-11(24,25)12(15,26)29-13(27,28)10(22,23)9(20,21)8(18,19)7(16,17)6-4-2-1-3-5-6/h1-5H/t12-/m1/s1. The maximum Gasteiger partial charge on any atom is 0.429 e. The molecule has 0 N–H and O–H groups in total. The van der Waals surface area contributed by atoms with Crippen LogP contribution in [0.2, 0.25) is 0 Å². The Hall–Kier alpha value is -1.15. The Morgan fingerprint density at radius 1 is 0.586 bits per heavy atom. The van der Waals surface area contributed by atoms with Gasteiger partial charge in [0.1, 0.15) is 0 Å². The summed E-state index contributed by atoms with van der Waals surface area (Å²) in [6.07, 6.45) is -7.28. The summed E-state index contributed by atoms with van der Waals surface area (Å²) in [5.41, 5.74) is -1.99. The van der Waals surface area contributed by atoms with E-state index in [1.54, 1.807) is 0 Å². The quantitative estimate of drug-likeness (QED) is 0.279. The lowest BCUT2D eigenvalue weighted by Crippen LogP contribution is -2.68. The summed E-state index contributed by atoms with van der Waals surface area (Å²) >= 11 is 7.83. The number of ether oxygens (including phenoxy) is 1. The lowest BCUT2D eigenvalue weighted by Gasteiger charge is -2.40. The van der Waals surface area contributed by atoms with Gasteiger partial charge in [-0.1, -0.05) is 30.3 Å². The number of hydrogen-bond donors (Lipinski definition) is 0. The van der Waals surface area contributed by atoms with Gasteiger partial charge in [-0.15, -0.1) is 0 Å². The maximum absolute atomic E-state index is 13.8. The molecule has 0 bridgehead atoms. The van der Waals surface area contributed by atoms with Crippen LogP contribution in [0, 0.1) is 0 Å². The Morgan fingerprint density at radius 2 is 1.00 bits per heavy atom. The predicted octanol–water partition coefficient (Wildman–Crippen LogP) is 6.99. The summed E-state index contributed by atoms with van der Waals surface area (Å²) in [6, 6.07) is 2.29. The van der Waals surface area contributed by atoms with Crippen molar-refractivity contribution < 1.29 is 61.8 Å². The van der Waals surface area contributed by atoms with E-state index in [0.717, 1.165) is 6.07 Å². The lowest BCUT2D eigenvalue weighted by atomic mass is 9.93. The van der Waals surface area contributed by atoms with Crippen LogP contribution >= 0.6 is 23.2 Å². The molecule has 1 rings (SSSR count). The van der Waals surface area contributed by atoms with E-state index in [4.69, 9.17) is 0 Å². The highest BCUT2D eigenvalue weighted by Crippen LogP contribution is 2.61. The summed E-state index contributed by atoms with van der Waals surface area (Å²) in [5, 5.41) is -11.6. The van der Waals surface area contributed by atoms with Crippen molar-refractivity contribution in [2.45, 2.75) is 40.5 Å². The average molecular weight is 495 g/mol. The van der Waals surface area contributed by atoms with Crippen LogP contribution in [-0.4, -0.2) is 34.6 Å². The zero-order chi connectivity index (χ0) is 23.3. The minimum Gasteiger partial charge on any atom is -0.258 e. The van der Waals surface area contributed by atoms with Gasteiger partial charge < -0.3 is 0 Å². The van der Waals surface area contributed by atoms with E-state index < -0.39 is 46.1 Å². The minimum absolute atomic E-state index is 0.0795. The van der Waals surface area contributed by atoms with E-state index in [-0.39, 0.29) is 12.1 Å². The first-order valence-electron chi connectivity index (χ1n) is 6.65. The van der Waals surface area contributed by atoms with Crippen LogP contribution in [-0.2, 0) is 10.7 Å². The minimum atomic E-state index is -7.70. The molecule has 1 nitrogen and oxygen atoms in total. The van der Waals surface area contributed by atoms with Crippen LogP contribution in [0.15, 0.2) is 30.3 Å². The van der Waals surface area contributed by atoms with E-state index in [2.05, 4.69) is 23.2 Å². The Labute approximate surface area is 162 Å². The maximum atomic E-state index is 13.8. The molecule has 1 aromatic carbocycles. The number of halogens is 15. The van der Waals surface area contributed by atoms with Crippen LogP contribution in [0.1, 0.15) is 5.56 Å². The molecular formula is C13H5Cl2F13O. The lowest BCUT2D eigenvalue weighted by molar-refractivity contribution is -0.468. The molecule has 0 spiro atoms. The van der Waals surface area contributed by atoms with Gasteiger partial charge in [-0.2, -0.15) is 57.1 Å². The van der Waals surface area contributed by atoms with Crippen LogP contribution in [0.4, 0.5) is 57.1 Å². The monoisotopic (exact) mass is 494 g/mol. The molecule has 0 aliphatic heterocycles. The number of rotatable bonds is 8. The second-order valence-electron chi connectivity index (χ2n) is 5.30. The summed E-state index contributed by atoms with van der Waals surface area (Å²) in [5.74, 6) is -28.9. The fourth-order valence-electron chi connectivity index (χ4n) is 1.69. The van der Waals surface area contributed by atoms with Crippen molar-refractivity contribution in [2.75, 3.05) is 0 Å². The third kappa shape index (κ3) is 4.07. The molecular weight excluding hydrogens is 490 g/mol. The van der Waals surface area contributed by atoms with Crippen LogP contribution in [0.25, 0.3) is 0 Å². The van der Waals surface area contributed by atoms with Crippen molar-refractivity contribution in [1.82, 2.24) is 0 Å². The first-order chi connectivity index (χ1) is 12.6. The SMILES string of the molecule is FC(F)(O[C@@](F)(Cl)C(F)(F)Cl)C(F)(F)C(F)(F)C(F)(F)C(F)(F)c1ccccc1. The Kier molecular flexibility index (Phi) is 6.44. The van der Waals surface area contributed by atoms with E-state index in [0.29, 0.717) is 12.1 Å². The predicted molar refractivity (Wildman–Crippen MR) is 71.7 cm³/mol. The van der Waals surface area contributed by atoms with Crippen molar-refractivity contribution >= 4 is 23.2 Å². The van der Waals surface area contributed by atoms with Gasteiger partial charge >= 0.3 is 40.5 Å². The van der Waals surface area contributed by atoms with E-state index in [1.165, 1.54) is 0 Å². The largest absolute Gasteiger partial charge is 0.429 e. The summed E-state index contributed by atoms with van der Waals surface area (Å²) in [6.45, 7) is 0. The first kappa shape index (κ1) is 25.9. The molecule has 168 valence electrons. The van der Waals surface area contributed by atoms with Gasteiger partial charge in [-0.3, -0.25) is 4.74 Å². The Morgan fingerprint density at radius 3 is 1.38 bits per heavy atom. The van der Waals surface area contributed by atoms with Gasteiger partial charge in [0.05, 0.1) is 0 Å². The van der Waals surface area contributed by atoms with E-state index in [9.17, 15) is 57.1 Å². The fourth-order valence-corrected chi connectivity index (χ4v) is 1.82. The summed E-state index contributed by atoms with van der Waals surface area (Å²) < 4.78 is 176. The first-order valence-corrected chi connectivity index (χ1v) is 7.41. The number of alkyl halides is 15. The van der Waals surface area contributed by atoms with Gasteiger partial charge in [-0.25, -0.2) is 0 Å². The Balaban J connectivity index is 3.47. The number of hydrogen-bond acceptors (Lipinski definition) is 1. The average Bonchev–Trinajstić information content (AvgIpc) is 2.52. The van der Waals surface area contributed by atoms with Crippen molar-refractivity contribution in [2.24, 2.45) is 0 Å². The third-order valence-corrected chi connectivity index (χ3v) is 3.93. The van der Waals surface area contributed by atoms with Gasteiger partial charge in [0.2, 0.25) is 0 Å². The van der Waals surface area contributed by atoms with Crippen LogP contribution < -0.4 is 0 Å². The molecule has 1 aromatic rings. The Bertz CT molecular complexity index is 715. The van der Waals surface area contributed by atoms with Gasteiger partial charge in [0, 0.05) is 5.56 Å². The molecule has 1 atom stereocenters. The highest BCUT2D eigenvalue weighted by atomic mass is 35.5. The highest BCUT2D eigenvalue weighted by molar-refractivity contribution is 6.31. The third-order valence-electron chi connectivity index (χ3n) is 3.27. The normalized spacial score (nSPS) is 17.2. The van der Waals surface area contributed by atoms with Gasteiger partial charge in [-0.05, 0) is 23.2 Å². The molecule has 29 heavy (non-hydrogen) atoms. The van der Waals surface area contributed by atoms with Crippen molar-refractivity contribution in [3.8, 4) is 0 Å². The molecule has 0 saturated carbocycles. The molecule has 0 aliphatic carbocycles. The summed E-state index contributed by atoms with van der Waals surface area (Å²) in [7, 11) is 0. The highest BCUT2D eigenvalue weighted by Gasteiger charge is 2.88. The van der Waals surface area contributed by atoms with E-state index in [1.807, 2.05) is 4.74 Å². The molecule has 0 radical (unpaired) electrons. The van der Waals surface area contributed by atoms with Crippen molar-refractivity contribution in [1.29, 1.82) is 0 Å². The van der Waals surface area contributed by atoms with Gasteiger partial charge in [0.25, 0.3) is 0 Å². The molecule has 0 amide bonds. The molecule has 16 heteroatoms. The number of benzene rings is 1. The molecule has 0 saturated heterocycles. The van der Waals surface area contributed by atoms with Crippen LogP contribution in [0.5, 0.6) is 0 Å². The molecule has 0 aromatic heterocycles. The zero-order valence-corrected chi connectivity index (χ0v) is 14.5. The molecule has 0 heterocycles. The molecule has 0 unspecified atom stereocenters. The fraction of sp³-hybridized carbons (Fsp3) is 0.538. The molecule has 0 fully saturated rings. The van der Waals surface area contributed by atoms with Gasteiger partial charge in [0.15, 0.2) is 0 Å². The summed E-state index contributed by atoms with van der Waals surface area (Å²) in [4.78, 5) is 0. The smallest absolute Gasteiger partial charge is 0.258 e. The van der Waals surface area contributed by atoms with Crippen molar-refractivity contribution in [3.05, 3.63) is 35.9 Å². The second-order valence-corrected chi connectivity index (χ2v) is 6.26.